The number of benzene rings is 1. The summed E-state index contributed by atoms with van der Waals surface area (Å²) in [4.78, 5) is 16.8. The largest absolute Gasteiger partial charge is 0.480 e. The lowest BCUT2D eigenvalue weighted by Gasteiger charge is -2.27. The number of ether oxygens (including phenoxy) is 1. The summed E-state index contributed by atoms with van der Waals surface area (Å²) in [6.07, 6.45) is 1.23. The highest BCUT2D eigenvalue weighted by molar-refractivity contribution is 9.10. The molecule has 1 aromatic carbocycles. The van der Waals surface area contributed by atoms with Gasteiger partial charge < -0.3 is 10.1 Å². The number of aromatic nitrogens is 1. The Balaban J connectivity index is 2.24. The topological polar surface area (TPSA) is 51.2 Å². The molecule has 1 N–H and O–H groups in total. The lowest BCUT2D eigenvalue weighted by molar-refractivity contribution is -0.131. The Bertz CT molecular complexity index is 708. The van der Waals surface area contributed by atoms with Gasteiger partial charge in [-0.25, -0.2) is 0 Å². The fraction of sp³-hybridized carbons (Fsp3) is 0.444. The van der Waals surface area contributed by atoms with Crippen LogP contribution in [-0.2, 0) is 4.79 Å². The van der Waals surface area contributed by atoms with Crippen molar-refractivity contribution in [2.24, 2.45) is 5.92 Å². The normalized spacial score (nSPS) is 13.2. The van der Waals surface area contributed by atoms with Crippen molar-refractivity contribution >= 4 is 32.7 Å². The fourth-order valence-electron chi connectivity index (χ4n) is 2.24. The van der Waals surface area contributed by atoms with Gasteiger partial charge in [0.2, 0.25) is 0 Å². The molecule has 0 bridgehead atoms. The molecule has 124 valence electrons. The molecule has 1 amide bonds. The van der Waals surface area contributed by atoms with Gasteiger partial charge in [0, 0.05) is 21.6 Å². The molecule has 0 aliphatic carbocycles. The Kier molecular flexibility index (Phi) is 5.30. The summed E-state index contributed by atoms with van der Waals surface area (Å²) in [5.41, 5.74) is 0.604. The van der Waals surface area contributed by atoms with Crippen LogP contribution >= 0.6 is 15.9 Å². The average molecular weight is 379 g/mol. The number of carbonyl (C=O) groups excluding carboxylic acids is 1. The molecule has 0 aliphatic heterocycles. The molecule has 4 nitrogen and oxygen atoms in total. The van der Waals surface area contributed by atoms with E-state index < -0.39 is 6.10 Å². The van der Waals surface area contributed by atoms with Crippen LogP contribution in [0.25, 0.3) is 10.9 Å². The molecular weight excluding hydrogens is 356 g/mol. The molecule has 1 aromatic heterocycles. The molecule has 0 saturated carbocycles. The predicted octanol–water partition coefficient (Wildman–Crippen LogP) is 4.32. The van der Waals surface area contributed by atoms with Crippen LogP contribution in [-0.4, -0.2) is 22.5 Å². The van der Waals surface area contributed by atoms with Crippen molar-refractivity contribution in [3.63, 3.8) is 0 Å². The van der Waals surface area contributed by atoms with Gasteiger partial charge in [0.05, 0.1) is 5.52 Å². The molecule has 23 heavy (non-hydrogen) atoms. The predicted molar refractivity (Wildman–Crippen MR) is 96.6 cm³/mol. The van der Waals surface area contributed by atoms with E-state index in [2.05, 4.69) is 26.2 Å². The van der Waals surface area contributed by atoms with Gasteiger partial charge in [0.25, 0.3) is 5.91 Å². The van der Waals surface area contributed by atoms with Gasteiger partial charge in [0.1, 0.15) is 5.75 Å². The van der Waals surface area contributed by atoms with Crippen LogP contribution in [0.15, 0.2) is 34.9 Å². The molecule has 0 radical (unpaired) electrons. The van der Waals surface area contributed by atoms with E-state index in [9.17, 15) is 4.79 Å². The standard InChI is InChI=1S/C18H23BrN2O2/c1-11(2)16(17(22)21-18(3,4)5)23-14-6-7-15-12(9-14)8-13(19)10-20-15/h6-11,16H,1-5H3,(H,21,22). The lowest BCUT2D eigenvalue weighted by Crippen LogP contribution is -2.49. The molecule has 1 unspecified atom stereocenters. The number of nitrogens with one attached hydrogen (secondary N) is 1. The fourth-order valence-corrected chi connectivity index (χ4v) is 2.58. The number of halogens is 1. The number of rotatable bonds is 4. The molecule has 0 saturated heterocycles. The molecule has 1 heterocycles. The monoisotopic (exact) mass is 378 g/mol. The maximum atomic E-state index is 12.5. The number of fused-ring (bicyclic) bond motifs is 1. The Labute approximate surface area is 145 Å². The molecule has 0 spiro atoms. The SMILES string of the molecule is CC(C)C(Oc1ccc2ncc(Br)cc2c1)C(=O)NC(C)(C)C. The van der Waals surface area contributed by atoms with Gasteiger partial charge in [-0.15, -0.1) is 0 Å². The summed E-state index contributed by atoms with van der Waals surface area (Å²) in [5, 5.41) is 3.95. The molecule has 5 heteroatoms. The highest BCUT2D eigenvalue weighted by Gasteiger charge is 2.27. The minimum atomic E-state index is -0.535. The zero-order valence-electron chi connectivity index (χ0n) is 14.2. The van der Waals surface area contributed by atoms with E-state index in [-0.39, 0.29) is 17.4 Å². The van der Waals surface area contributed by atoms with Crippen molar-refractivity contribution in [1.29, 1.82) is 0 Å². The minimum Gasteiger partial charge on any atom is -0.480 e. The molecule has 1 atom stereocenters. The van der Waals surface area contributed by atoms with E-state index in [1.54, 1.807) is 6.20 Å². The third-order valence-corrected chi connectivity index (χ3v) is 3.68. The highest BCUT2D eigenvalue weighted by atomic mass is 79.9. The van der Waals surface area contributed by atoms with E-state index in [0.717, 1.165) is 15.4 Å². The molecular formula is C18H23BrN2O2. The summed E-state index contributed by atoms with van der Waals surface area (Å²) < 4.78 is 6.89. The van der Waals surface area contributed by atoms with E-state index in [1.807, 2.05) is 58.9 Å². The van der Waals surface area contributed by atoms with Crippen LogP contribution in [0, 0.1) is 5.92 Å². The van der Waals surface area contributed by atoms with Gasteiger partial charge in [-0.2, -0.15) is 0 Å². The van der Waals surface area contributed by atoms with Gasteiger partial charge in [0.15, 0.2) is 6.10 Å². The summed E-state index contributed by atoms with van der Waals surface area (Å²) in [5.74, 6) is 0.633. The van der Waals surface area contributed by atoms with Crippen LogP contribution in [0.4, 0.5) is 0 Å². The number of hydrogen-bond acceptors (Lipinski definition) is 3. The van der Waals surface area contributed by atoms with Crippen molar-refractivity contribution in [3.8, 4) is 5.75 Å². The van der Waals surface area contributed by atoms with Gasteiger partial charge in [-0.1, -0.05) is 13.8 Å². The van der Waals surface area contributed by atoms with E-state index >= 15 is 0 Å². The van der Waals surface area contributed by atoms with Crippen molar-refractivity contribution in [1.82, 2.24) is 10.3 Å². The van der Waals surface area contributed by atoms with Gasteiger partial charge in [-0.3, -0.25) is 9.78 Å². The summed E-state index contributed by atoms with van der Waals surface area (Å²) in [6.45, 7) is 9.84. The van der Waals surface area contributed by atoms with Crippen molar-refractivity contribution < 1.29 is 9.53 Å². The smallest absolute Gasteiger partial charge is 0.261 e. The minimum absolute atomic E-state index is 0.0636. The Morgan fingerprint density at radius 1 is 1.26 bits per heavy atom. The van der Waals surface area contributed by atoms with E-state index in [1.165, 1.54) is 0 Å². The Morgan fingerprint density at radius 3 is 2.57 bits per heavy atom. The van der Waals surface area contributed by atoms with Crippen molar-refractivity contribution in [2.75, 3.05) is 0 Å². The van der Waals surface area contributed by atoms with Gasteiger partial charge >= 0.3 is 0 Å². The summed E-state index contributed by atoms with van der Waals surface area (Å²) in [6, 6.07) is 7.64. The molecule has 0 fully saturated rings. The maximum Gasteiger partial charge on any atom is 0.261 e. The second kappa shape index (κ2) is 6.87. The Morgan fingerprint density at radius 2 is 1.96 bits per heavy atom. The van der Waals surface area contributed by atoms with Crippen LogP contribution in [0.5, 0.6) is 5.75 Å². The summed E-state index contributed by atoms with van der Waals surface area (Å²) in [7, 11) is 0. The second-order valence-electron chi connectivity index (χ2n) is 7.03. The van der Waals surface area contributed by atoms with Crippen molar-refractivity contribution in [3.05, 3.63) is 34.9 Å². The lowest BCUT2D eigenvalue weighted by atomic mass is 10.0. The van der Waals surface area contributed by atoms with Crippen LogP contribution in [0.1, 0.15) is 34.6 Å². The van der Waals surface area contributed by atoms with Crippen LogP contribution in [0.2, 0.25) is 0 Å². The van der Waals surface area contributed by atoms with Gasteiger partial charge in [-0.05, 0) is 66.9 Å². The van der Waals surface area contributed by atoms with E-state index in [0.29, 0.717) is 5.75 Å². The number of pyridine rings is 1. The number of amides is 1. The third kappa shape index (κ3) is 4.93. The number of nitrogens with zero attached hydrogens (tertiary/aromatic N) is 1. The average Bonchev–Trinajstić information content (AvgIpc) is 2.41. The highest BCUT2D eigenvalue weighted by Crippen LogP contribution is 2.24. The zero-order valence-corrected chi connectivity index (χ0v) is 15.8. The van der Waals surface area contributed by atoms with Crippen molar-refractivity contribution in [2.45, 2.75) is 46.3 Å². The van der Waals surface area contributed by atoms with E-state index in [4.69, 9.17) is 4.74 Å². The van der Waals surface area contributed by atoms with Crippen LogP contribution in [0.3, 0.4) is 0 Å². The summed E-state index contributed by atoms with van der Waals surface area (Å²) >= 11 is 3.42. The molecule has 2 aromatic rings. The second-order valence-corrected chi connectivity index (χ2v) is 7.95. The first-order valence-electron chi connectivity index (χ1n) is 7.70. The first kappa shape index (κ1) is 17.7. The maximum absolute atomic E-state index is 12.5. The third-order valence-electron chi connectivity index (χ3n) is 3.24. The molecule has 0 aliphatic rings. The number of hydrogen-bond donors (Lipinski definition) is 1. The quantitative estimate of drug-likeness (QED) is 0.861. The zero-order chi connectivity index (χ0) is 17.2. The number of carbonyl (C=O) groups is 1. The Hall–Kier alpha value is -1.62. The van der Waals surface area contributed by atoms with Crippen LogP contribution < -0.4 is 10.1 Å². The first-order chi connectivity index (χ1) is 10.7. The molecule has 2 rings (SSSR count). The first-order valence-corrected chi connectivity index (χ1v) is 8.49.